The van der Waals surface area contributed by atoms with Crippen molar-refractivity contribution < 1.29 is 9.47 Å². The zero-order valence-electron chi connectivity index (χ0n) is 10.2. The van der Waals surface area contributed by atoms with Gasteiger partial charge in [-0.3, -0.25) is 11.3 Å². The van der Waals surface area contributed by atoms with Gasteiger partial charge in [0.25, 0.3) is 0 Å². The smallest absolute Gasteiger partial charge is 0.161 e. The number of hydrazine groups is 1. The van der Waals surface area contributed by atoms with Crippen molar-refractivity contribution in [3.8, 4) is 11.5 Å². The van der Waals surface area contributed by atoms with Crippen LogP contribution in [-0.4, -0.2) is 24.7 Å². The van der Waals surface area contributed by atoms with Crippen LogP contribution in [0, 0.1) is 5.92 Å². The van der Waals surface area contributed by atoms with E-state index in [0.29, 0.717) is 19.1 Å². The molecule has 1 aromatic rings. The number of nitrogens with one attached hydrogen (secondary N) is 1. The lowest BCUT2D eigenvalue weighted by Crippen LogP contribution is -2.33. The van der Waals surface area contributed by atoms with Crippen LogP contribution in [0.2, 0.25) is 0 Å². The molecule has 5 heteroatoms. The number of thioether (sulfide) groups is 1. The minimum Gasteiger partial charge on any atom is -0.486 e. The molecular weight excluding hydrogens is 248 g/mol. The average molecular weight is 266 g/mol. The van der Waals surface area contributed by atoms with Gasteiger partial charge < -0.3 is 9.47 Å². The van der Waals surface area contributed by atoms with Crippen LogP contribution in [0.1, 0.15) is 18.0 Å². The Hall–Kier alpha value is -0.910. The van der Waals surface area contributed by atoms with E-state index < -0.39 is 0 Å². The van der Waals surface area contributed by atoms with Crippen LogP contribution in [0.4, 0.5) is 0 Å². The van der Waals surface area contributed by atoms with Crippen molar-refractivity contribution in [3.05, 3.63) is 23.8 Å². The van der Waals surface area contributed by atoms with E-state index in [0.717, 1.165) is 11.5 Å². The highest BCUT2D eigenvalue weighted by atomic mass is 32.2. The number of fused-ring (bicyclic) bond motifs is 1. The van der Waals surface area contributed by atoms with Crippen LogP contribution >= 0.6 is 11.8 Å². The Morgan fingerprint density at radius 3 is 2.83 bits per heavy atom. The topological polar surface area (TPSA) is 56.5 Å². The summed E-state index contributed by atoms with van der Waals surface area (Å²) in [7, 11) is 0. The molecule has 2 atom stereocenters. The summed E-state index contributed by atoms with van der Waals surface area (Å²) < 4.78 is 11.2. The first-order valence-electron chi connectivity index (χ1n) is 6.32. The second-order valence-corrected chi connectivity index (χ2v) is 5.82. The molecule has 2 heterocycles. The number of ether oxygens (including phenoxy) is 2. The molecule has 2 aliphatic rings. The first-order chi connectivity index (χ1) is 8.88. The molecule has 3 N–H and O–H groups in total. The largest absolute Gasteiger partial charge is 0.486 e. The fourth-order valence-electron chi connectivity index (χ4n) is 2.57. The third-order valence-electron chi connectivity index (χ3n) is 3.54. The normalized spacial score (nSPS) is 23.9. The highest BCUT2D eigenvalue weighted by Gasteiger charge is 2.27. The Kier molecular flexibility index (Phi) is 3.63. The van der Waals surface area contributed by atoms with E-state index in [2.05, 4.69) is 17.6 Å². The molecule has 18 heavy (non-hydrogen) atoms. The monoisotopic (exact) mass is 266 g/mol. The van der Waals surface area contributed by atoms with Crippen LogP contribution in [0.5, 0.6) is 11.5 Å². The molecule has 98 valence electrons. The van der Waals surface area contributed by atoms with Gasteiger partial charge in [-0.1, -0.05) is 6.07 Å². The summed E-state index contributed by atoms with van der Waals surface area (Å²) in [4.78, 5) is 0. The molecule has 0 bridgehead atoms. The van der Waals surface area contributed by atoms with Gasteiger partial charge in [-0.2, -0.15) is 11.8 Å². The summed E-state index contributed by atoms with van der Waals surface area (Å²) in [5.74, 6) is 10.4. The second kappa shape index (κ2) is 5.38. The third kappa shape index (κ3) is 2.30. The lowest BCUT2D eigenvalue weighted by Gasteiger charge is -2.25. The Balaban J connectivity index is 1.85. The van der Waals surface area contributed by atoms with Crippen molar-refractivity contribution in [2.75, 3.05) is 24.7 Å². The number of hydrogen-bond donors (Lipinski definition) is 2. The zero-order chi connectivity index (χ0) is 12.4. The van der Waals surface area contributed by atoms with Crippen molar-refractivity contribution in [1.82, 2.24) is 5.43 Å². The summed E-state index contributed by atoms with van der Waals surface area (Å²) in [6.45, 7) is 1.25. The van der Waals surface area contributed by atoms with E-state index in [-0.39, 0.29) is 6.04 Å². The lowest BCUT2D eigenvalue weighted by molar-refractivity contribution is 0.171. The number of rotatable bonds is 3. The Morgan fingerprint density at radius 2 is 2.11 bits per heavy atom. The summed E-state index contributed by atoms with van der Waals surface area (Å²) >= 11 is 2.00. The summed E-state index contributed by atoms with van der Waals surface area (Å²) in [6.07, 6.45) is 1.22. The minimum atomic E-state index is 0.204. The molecular formula is C13H18N2O2S. The van der Waals surface area contributed by atoms with Gasteiger partial charge in [-0.15, -0.1) is 0 Å². The van der Waals surface area contributed by atoms with E-state index in [1.54, 1.807) is 0 Å². The molecule has 0 radical (unpaired) electrons. The second-order valence-electron chi connectivity index (χ2n) is 4.67. The SMILES string of the molecule is NNC(c1ccc2c(c1)OCCO2)C1CCSC1. The molecule has 1 fully saturated rings. The van der Waals surface area contributed by atoms with Crippen LogP contribution in [-0.2, 0) is 0 Å². The van der Waals surface area contributed by atoms with Gasteiger partial charge >= 0.3 is 0 Å². The maximum atomic E-state index is 5.73. The summed E-state index contributed by atoms with van der Waals surface area (Å²) in [5.41, 5.74) is 4.15. The van der Waals surface area contributed by atoms with Crippen LogP contribution < -0.4 is 20.7 Å². The van der Waals surface area contributed by atoms with E-state index in [4.69, 9.17) is 15.3 Å². The number of benzene rings is 1. The van der Waals surface area contributed by atoms with Gasteiger partial charge in [-0.25, -0.2) is 0 Å². The Labute approximate surface area is 111 Å². The third-order valence-corrected chi connectivity index (χ3v) is 4.73. The minimum absolute atomic E-state index is 0.204. The van der Waals surface area contributed by atoms with E-state index in [9.17, 15) is 0 Å². The highest BCUT2D eigenvalue weighted by molar-refractivity contribution is 7.99. The highest BCUT2D eigenvalue weighted by Crippen LogP contribution is 2.38. The van der Waals surface area contributed by atoms with E-state index in [1.807, 2.05) is 17.8 Å². The summed E-state index contributed by atoms with van der Waals surface area (Å²) in [6, 6.07) is 6.33. The maximum Gasteiger partial charge on any atom is 0.161 e. The molecule has 3 rings (SSSR count). The van der Waals surface area contributed by atoms with Gasteiger partial charge in [0.2, 0.25) is 0 Å². The molecule has 0 aliphatic carbocycles. The summed E-state index contributed by atoms with van der Waals surface area (Å²) in [5, 5.41) is 0. The molecule has 1 saturated heterocycles. The van der Waals surface area contributed by atoms with Crippen LogP contribution in [0.3, 0.4) is 0 Å². The molecule has 0 saturated carbocycles. The lowest BCUT2D eigenvalue weighted by atomic mass is 9.93. The van der Waals surface area contributed by atoms with E-state index in [1.165, 1.54) is 23.5 Å². The average Bonchev–Trinajstić information content (AvgIpc) is 2.93. The van der Waals surface area contributed by atoms with Gasteiger partial charge in [0.1, 0.15) is 13.2 Å². The van der Waals surface area contributed by atoms with Crippen LogP contribution in [0.15, 0.2) is 18.2 Å². The molecule has 2 aliphatic heterocycles. The molecule has 0 amide bonds. The van der Waals surface area contributed by atoms with Crippen molar-refractivity contribution in [1.29, 1.82) is 0 Å². The first-order valence-corrected chi connectivity index (χ1v) is 7.47. The molecule has 4 nitrogen and oxygen atoms in total. The molecule has 0 aromatic heterocycles. The fourth-order valence-corrected chi connectivity index (χ4v) is 3.87. The van der Waals surface area contributed by atoms with Gasteiger partial charge in [0, 0.05) is 6.04 Å². The van der Waals surface area contributed by atoms with Crippen molar-refractivity contribution in [3.63, 3.8) is 0 Å². The molecule has 1 aromatic carbocycles. The zero-order valence-corrected chi connectivity index (χ0v) is 11.0. The van der Waals surface area contributed by atoms with Crippen molar-refractivity contribution in [2.45, 2.75) is 12.5 Å². The van der Waals surface area contributed by atoms with Crippen LogP contribution in [0.25, 0.3) is 0 Å². The molecule has 2 unspecified atom stereocenters. The first kappa shape index (κ1) is 12.1. The molecule has 0 spiro atoms. The maximum absolute atomic E-state index is 5.73. The Morgan fingerprint density at radius 1 is 1.28 bits per heavy atom. The van der Waals surface area contributed by atoms with Gasteiger partial charge in [0.15, 0.2) is 11.5 Å². The predicted molar refractivity (Wildman–Crippen MR) is 72.9 cm³/mol. The quantitative estimate of drug-likeness (QED) is 0.644. The standard InChI is InChI=1S/C13H18N2O2S/c14-15-13(10-3-6-18-8-10)9-1-2-11-12(7-9)17-5-4-16-11/h1-2,7,10,13,15H,3-6,8,14H2. The Bertz CT molecular complexity index is 421. The van der Waals surface area contributed by atoms with Gasteiger partial charge in [-0.05, 0) is 41.5 Å². The van der Waals surface area contributed by atoms with Gasteiger partial charge in [0.05, 0.1) is 0 Å². The predicted octanol–water partition coefficient (Wildman–Crippen LogP) is 1.72. The van der Waals surface area contributed by atoms with Crippen molar-refractivity contribution >= 4 is 11.8 Å². The number of nitrogens with two attached hydrogens (primary N) is 1. The van der Waals surface area contributed by atoms with Crippen molar-refractivity contribution in [2.24, 2.45) is 11.8 Å². The fraction of sp³-hybridized carbons (Fsp3) is 0.538. The number of hydrogen-bond acceptors (Lipinski definition) is 5. The van der Waals surface area contributed by atoms with E-state index >= 15 is 0 Å².